The van der Waals surface area contributed by atoms with Gasteiger partial charge in [-0.3, -0.25) is 0 Å². The Morgan fingerprint density at radius 2 is 2.17 bits per heavy atom. The molecule has 0 aliphatic carbocycles. The molecule has 2 aliphatic rings. The summed E-state index contributed by atoms with van der Waals surface area (Å²) in [6, 6.07) is 1.40. The monoisotopic (exact) mass is 258 g/mol. The van der Waals surface area contributed by atoms with Crippen LogP contribution in [0, 0.1) is 0 Å². The van der Waals surface area contributed by atoms with E-state index in [0.717, 1.165) is 31.9 Å². The van der Waals surface area contributed by atoms with Crippen molar-refractivity contribution < 1.29 is 13.2 Å². The van der Waals surface area contributed by atoms with Crippen LogP contribution in [0.2, 0.25) is 0 Å². The van der Waals surface area contributed by atoms with Crippen molar-refractivity contribution in [3.05, 3.63) is 17.8 Å². The van der Waals surface area contributed by atoms with Crippen molar-refractivity contribution in [1.29, 1.82) is 0 Å². The molecule has 1 saturated heterocycles. The van der Waals surface area contributed by atoms with Gasteiger partial charge < -0.3 is 15.5 Å². The van der Waals surface area contributed by atoms with Crippen molar-refractivity contribution in [2.24, 2.45) is 0 Å². The van der Waals surface area contributed by atoms with Crippen molar-refractivity contribution in [3.63, 3.8) is 0 Å². The lowest BCUT2D eigenvalue weighted by Gasteiger charge is -2.41. The third kappa shape index (κ3) is 1.88. The van der Waals surface area contributed by atoms with Gasteiger partial charge in [-0.05, 0) is 6.07 Å². The number of hydrogen-bond acceptors (Lipinski definition) is 4. The van der Waals surface area contributed by atoms with Crippen molar-refractivity contribution in [2.75, 3.05) is 36.4 Å². The average Bonchev–Trinajstić information content (AvgIpc) is 2.37. The maximum Gasteiger partial charge on any atom is 0.417 e. The Balaban J connectivity index is 1.96. The minimum absolute atomic E-state index is 0.260. The quantitative estimate of drug-likeness (QED) is 0.736. The Hall–Kier alpha value is -1.50. The molecule has 0 unspecified atom stereocenters. The van der Waals surface area contributed by atoms with Gasteiger partial charge in [0, 0.05) is 32.4 Å². The highest BCUT2D eigenvalue weighted by Crippen LogP contribution is 2.36. The first-order chi connectivity index (χ1) is 8.55. The lowest BCUT2D eigenvalue weighted by atomic mass is 10.1. The van der Waals surface area contributed by atoms with Crippen LogP contribution in [0.5, 0.6) is 0 Å². The van der Waals surface area contributed by atoms with E-state index in [4.69, 9.17) is 0 Å². The average molecular weight is 258 g/mol. The number of aromatic nitrogens is 1. The van der Waals surface area contributed by atoms with Crippen molar-refractivity contribution in [3.8, 4) is 0 Å². The molecule has 3 rings (SSSR count). The topological polar surface area (TPSA) is 40.2 Å². The number of pyridine rings is 1. The van der Waals surface area contributed by atoms with Gasteiger partial charge >= 0.3 is 6.18 Å². The molecule has 1 fully saturated rings. The second kappa shape index (κ2) is 4.01. The molecule has 1 aromatic rings. The van der Waals surface area contributed by atoms with Crippen LogP contribution in [-0.4, -0.2) is 37.2 Å². The van der Waals surface area contributed by atoms with Crippen LogP contribution in [-0.2, 0) is 6.18 Å². The van der Waals surface area contributed by atoms with Gasteiger partial charge in [-0.15, -0.1) is 0 Å². The van der Waals surface area contributed by atoms with Gasteiger partial charge in [0.05, 0.1) is 17.3 Å². The number of rotatable bonds is 0. The fourth-order valence-electron chi connectivity index (χ4n) is 2.42. The lowest BCUT2D eigenvalue weighted by Crippen LogP contribution is -2.56. The molecule has 2 N–H and O–H groups in total. The van der Waals surface area contributed by atoms with E-state index >= 15 is 0 Å². The van der Waals surface area contributed by atoms with E-state index in [1.807, 2.05) is 0 Å². The summed E-state index contributed by atoms with van der Waals surface area (Å²) in [5, 5.41) is 6.29. The molecule has 2 aliphatic heterocycles. The second-order valence-electron chi connectivity index (χ2n) is 4.53. The zero-order chi connectivity index (χ0) is 12.8. The van der Waals surface area contributed by atoms with E-state index in [9.17, 15) is 13.2 Å². The van der Waals surface area contributed by atoms with E-state index in [2.05, 4.69) is 20.5 Å². The standard InChI is InChI=1S/C11H13F3N4/c12-11(13,14)7-3-9-10(17-4-7)18-2-1-15-5-8(18)6-16-9/h3-4,8,15-16H,1-2,5-6H2/t8-/m1/s1. The van der Waals surface area contributed by atoms with Crippen LogP contribution in [0.1, 0.15) is 5.56 Å². The Morgan fingerprint density at radius 3 is 2.94 bits per heavy atom. The Morgan fingerprint density at radius 1 is 1.33 bits per heavy atom. The minimum Gasteiger partial charge on any atom is -0.380 e. The summed E-state index contributed by atoms with van der Waals surface area (Å²) in [5.74, 6) is 0.626. The molecule has 1 atom stereocenters. The lowest BCUT2D eigenvalue weighted by molar-refractivity contribution is -0.137. The van der Waals surface area contributed by atoms with Crippen LogP contribution in [0.25, 0.3) is 0 Å². The third-order valence-electron chi connectivity index (χ3n) is 3.34. The van der Waals surface area contributed by atoms with Gasteiger partial charge in [-0.1, -0.05) is 0 Å². The fourth-order valence-corrected chi connectivity index (χ4v) is 2.42. The molecule has 0 spiro atoms. The summed E-state index contributed by atoms with van der Waals surface area (Å²) in [6.45, 7) is 3.08. The predicted octanol–water partition coefficient (Wildman–Crippen LogP) is 1.30. The van der Waals surface area contributed by atoms with Crippen LogP contribution in [0.4, 0.5) is 24.7 Å². The Bertz CT molecular complexity index is 460. The number of hydrogen-bond donors (Lipinski definition) is 2. The summed E-state index contributed by atoms with van der Waals surface area (Å²) in [6.07, 6.45) is -3.44. The van der Waals surface area contributed by atoms with Gasteiger partial charge in [0.2, 0.25) is 0 Å². The molecule has 98 valence electrons. The number of alkyl halides is 3. The van der Waals surface area contributed by atoms with E-state index in [0.29, 0.717) is 18.1 Å². The highest BCUT2D eigenvalue weighted by Gasteiger charge is 2.34. The second-order valence-corrected chi connectivity index (χ2v) is 4.53. The minimum atomic E-state index is -4.34. The number of anilines is 2. The van der Waals surface area contributed by atoms with Gasteiger partial charge in [-0.25, -0.2) is 4.98 Å². The molecule has 18 heavy (non-hydrogen) atoms. The molecular weight excluding hydrogens is 245 g/mol. The maximum atomic E-state index is 12.6. The zero-order valence-electron chi connectivity index (χ0n) is 9.59. The van der Waals surface area contributed by atoms with Crippen LogP contribution in [0.15, 0.2) is 12.3 Å². The third-order valence-corrected chi connectivity index (χ3v) is 3.34. The Labute approximate surface area is 102 Å². The number of nitrogens with one attached hydrogen (secondary N) is 2. The van der Waals surface area contributed by atoms with E-state index in [1.165, 1.54) is 0 Å². The van der Waals surface area contributed by atoms with Gasteiger partial charge in [0.25, 0.3) is 0 Å². The highest BCUT2D eigenvalue weighted by molar-refractivity contribution is 5.69. The maximum absolute atomic E-state index is 12.6. The fraction of sp³-hybridized carbons (Fsp3) is 0.545. The summed E-state index contributed by atoms with van der Waals surface area (Å²) in [5.41, 5.74) is -0.231. The summed E-state index contributed by atoms with van der Waals surface area (Å²) in [7, 11) is 0. The number of halogens is 3. The van der Waals surface area contributed by atoms with Crippen LogP contribution < -0.4 is 15.5 Å². The molecule has 7 heteroatoms. The molecule has 1 aromatic heterocycles. The number of piperazine rings is 1. The van der Waals surface area contributed by atoms with Crippen molar-refractivity contribution in [1.82, 2.24) is 10.3 Å². The van der Waals surface area contributed by atoms with Gasteiger partial charge in [0.15, 0.2) is 5.82 Å². The first kappa shape index (κ1) is 11.6. The van der Waals surface area contributed by atoms with Gasteiger partial charge in [0.1, 0.15) is 0 Å². The molecule has 3 heterocycles. The summed E-state index contributed by atoms with van der Waals surface area (Å²) >= 11 is 0. The molecule has 0 aromatic carbocycles. The van der Waals surface area contributed by atoms with Crippen LogP contribution in [0.3, 0.4) is 0 Å². The molecule has 4 nitrogen and oxygen atoms in total. The zero-order valence-corrected chi connectivity index (χ0v) is 9.59. The predicted molar refractivity (Wildman–Crippen MR) is 61.7 cm³/mol. The smallest absolute Gasteiger partial charge is 0.380 e. The largest absolute Gasteiger partial charge is 0.417 e. The molecule has 0 radical (unpaired) electrons. The number of nitrogens with zero attached hydrogens (tertiary/aromatic N) is 2. The normalized spacial score (nSPS) is 23.1. The molecular formula is C11H13F3N4. The van der Waals surface area contributed by atoms with E-state index in [-0.39, 0.29) is 6.04 Å². The molecule has 0 bridgehead atoms. The molecule has 0 saturated carbocycles. The van der Waals surface area contributed by atoms with Crippen molar-refractivity contribution >= 4 is 11.5 Å². The number of fused-ring (bicyclic) bond motifs is 3. The van der Waals surface area contributed by atoms with E-state index in [1.54, 1.807) is 0 Å². The van der Waals surface area contributed by atoms with Gasteiger partial charge in [-0.2, -0.15) is 13.2 Å². The van der Waals surface area contributed by atoms with Crippen molar-refractivity contribution in [2.45, 2.75) is 12.2 Å². The van der Waals surface area contributed by atoms with Crippen LogP contribution >= 0.6 is 0 Å². The first-order valence-electron chi connectivity index (χ1n) is 5.84. The summed E-state index contributed by atoms with van der Waals surface area (Å²) in [4.78, 5) is 6.06. The highest BCUT2D eigenvalue weighted by atomic mass is 19.4. The Kier molecular flexibility index (Phi) is 2.58. The molecule has 0 amide bonds. The first-order valence-corrected chi connectivity index (χ1v) is 5.84. The van der Waals surface area contributed by atoms with E-state index < -0.39 is 11.7 Å². The summed E-state index contributed by atoms with van der Waals surface area (Å²) < 4.78 is 37.8. The SMILES string of the molecule is FC(F)(F)c1cnc2c(c1)NC[C@H]1CNCCN21.